The smallest absolute Gasteiger partial charge is 0.233 e. The molecule has 206 valence electrons. The molecule has 3 rings (SSSR count). The van der Waals surface area contributed by atoms with E-state index in [0.717, 1.165) is 24.7 Å². The van der Waals surface area contributed by atoms with Crippen LogP contribution in [0, 0.1) is 5.92 Å². The number of carbonyl (C=O) groups is 1. The summed E-state index contributed by atoms with van der Waals surface area (Å²) in [6, 6.07) is 6.75. The van der Waals surface area contributed by atoms with Gasteiger partial charge in [0.05, 0.1) is 26.2 Å². The topological polar surface area (TPSA) is 99.5 Å². The first kappa shape index (κ1) is 29.4. The molecule has 1 aliphatic carbocycles. The van der Waals surface area contributed by atoms with E-state index >= 15 is 0 Å². The van der Waals surface area contributed by atoms with E-state index in [2.05, 4.69) is 44.3 Å². The van der Waals surface area contributed by atoms with Gasteiger partial charge in [-0.05, 0) is 48.2 Å². The van der Waals surface area contributed by atoms with Crippen LogP contribution in [0.15, 0.2) is 35.4 Å². The van der Waals surface area contributed by atoms with Crippen LogP contribution in [0.1, 0.15) is 64.4 Å². The van der Waals surface area contributed by atoms with Gasteiger partial charge >= 0.3 is 0 Å². The zero-order valence-corrected chi connectivity index (χ0v) is 25.2. The van der Waals surface area contributed by atoms with E-state index in [-0.39, 0.29) is 21.6 Å². The molecule has 1 atom stereocenters. The zero-order chi connectivity index (χ0) is 27.4. The van der Waals surface area contributed by atoms with Gasteiger partial charge in [0.25, 0.3) is 0 Å². The molecule has 1 N–H and O–H groups in total. The van der Waals surface area contributed by atoms with Gasteiger partial charge in [0.1, 0.15) is 10.6 Å². The molecule has 1 heterocycles. The Morgan fingerprint density at radius 2 is 1.89 bits per heavy atom. The minimum absolute atomic E-state index is 0.123. The quantitative estimate of drug-likeness (QED) is 0.365. The van der Waals surface area contributed by atoms with Crippen LogP contribution in [0.5, 0.6) is 5.75 Å². The molecule has 0 bridgehead atoms. The molecule has 8 nitrogen and oxygen atoms in total. The molecule has 0 aliphatic heterocycles. The molecule has 1 fully saturated rings. The van der Waals surface area contributed by atoms with Gasteiger partial charge in [-0.2, -0.15) is 5.10 Å². The summed E-state index contributed by atoms with van der Waals surface area (Å²) in [5, 5.41) is 7.67. The molecule has 1 aromatic carbocycles. The third-order valence-corrected chi connectivity index (χ3v) is 13.5. The zero-order valence-electron chi connectivity index (χ0n) is 23.3. The summed E-state index contributed by atoms with van der Waals surface area (Å²) in [6.45, 7) is 12.3. The standard InChI is InChI=1S/C27H43N3O5SSi/c1-27(2,3)37(6,7)35-17-16-30-15-14-25(29-30)28-26(31)22(18-20-10-8-9-11-20)21-12-13-24(36(5,32)33)23(19-21)34-4/h12-15,19-20,22H,8-11,16-18H2,1-7H3,(H,28,29,31)/t22-/m1/s1. The van der Waals surface area contributed by atoms with Crippen molar-refractivity contribution < 1.29 is 22.4 Å². The lowest BCUT2D eigenvalue weighted by atomic mass is 9.87. The Morgan fingerprint density at radius 1 is 1.22 bits per heavy atom. The van der Waals surface area contributed by atoms with E-state index in [1.54, 1.807) is 22.9 Å². The first-order valence-electron chi connectivity index (χ1n) is 13.1. The highest BCUT2D eigenvalue weighted by molar-refractivity contribution is 7.90. The highest BCUT2D eigenvalue weighted by Gasteiger charge is 2.37. The molecular weight excluding hydrogens is 506 g/mol. The number of aromatic nitrogens is 2. The number of ether oxygens (including phenoxy) is 1. The van der Waals surface area contributed by atoms with Crippen LogP contribution in [0.25, 0.3) is 0 Å². The van der Waals surface area contributed by atoms with Gasteiger partial charge in [0, 0.05) is 18.5 Å². The molecule has 0 spiro atoms. The van der Waals surface area contributed by atoms with Crippen molar-refractivity contribution in [3.63, 3.8) is 0 Å². The van der Waals surface area contributed by atoms with E-state index in [1.165, 1.54) is 26.0 Å². The summed E-state index contributed by atoms with van der Waals surface area (Å²) in [4.78, 5) is 13.6. The number of amides is 1. The Kier molecular flexibility index (Phi) is 9.29. The third kappa shape index (κ3) is 7.67. The van der Waals surface area contributed by atoms with Crippen molar-refractivity contribution in [2.24, 2.45) is 5.92 Å². The molecule has 1 saturated carbocycles. The average Bonchev–Trinajstić information content (AvgIpc) is 3.47. The molecule has 2 aromatic rings. The highest BCUT2D eigenvalue weighted by Crippen LogP contribution is 2.38. The van der Waals surface area contributed by atoms with Crippen molar-refractivity contribution in [2.45, 2.75) is 88.4 Å². The first-order valence-corrected chi connectivity index (χ1v) is 17.9. The number of methoxy groups -OCH3 is 1. The van der Waals surface area contributed by atoms with E-state index in [4.69, 9.17) is 9.16 Å². The first-order chi connectivity index (χ1) is 17.2. The molecule has 0 radical (unpaired) electrons. The molecule has 0 unspecified atom stereocenters. The van der Waals surface area contributed by atoms with E-state index in [0.29, 0.717) is 31.3 Å². The van der Waals surface area contributed by atoms with Gasteiger partial charge < -0.3 is 14.5 Å². The van der Waals surface area contributed by atoms with E-state index < -0.39 is 24.1 Å². The largest absolute Gasteiger partial charge is 0.495 e. The normalized spacial score (nSPS) is 16.1. The van der Waals surface area contributed by atoms with Crippen LogP contribution in [0.4, 0.5) is 5.82 Å². The predicted octanol–water partition coefficient (Wildman–Crippen LogP) is 5.62. The SMILES string of the molecule is COc1cc([C@@H](CC2CCCC2)C(=O)Nc2ccn(CCO[Si](C)(C)C(C)(C)C)n2)ccc1S(C)(=O)=O. The van der Waals surface area contributed by atoms with Crippen LogP contribution in [0.3, 0.4) is 0 Å². The molecule has 0 saturated heterocycles. The summed E-state index contributed by atoms with van der Waals surface area (Å²) >= 11 is 0. The lowest BCUT2D eigenvalue weighted by molar-refractivity contribution is -0.118. The predicted molar refractivity (Wildman–Crippen MR) is 149 cm³/mol. The average molecular weight is 550 g/mol. The number of nitrogens with zero attached hydrogens (tertiary/aromatic N) is 2. The monoisotopic (exact) mass is 549 g/mol. The fraction of sp³-hybridized carbons (Fsp3) is 0.630. The van der Waals surface area contributed by atoms with Crippen LogP contribution < -0.4 is 10.1 Å². The van der Waals surface area contributed by atoms with Crippen molar-refractivity contribution in [2.75, 3.05) is 25.3 Å². The number of carbonyl (C=O) groups excluding carboxylic acids is 1. The van der Waals surface area contributed by atoms with E-state index in [9.17, 15) is 13.2 Å². The molecular formula is C27H43N3O5SSi. The van der Waals surface area contributed by atoms with Crippen LogP contribution in [-0.4, -0.2) is 52.4 Å². The van der Waals surface area contributed by atoms with Crippen LogP contribution >= 0.6 is 0 Å². The minimum atomic E-state index is -3.45. The molecule has 10 heteroatoms. The lowest BCUT2D eigenvalue weighted by Crippen LogP contribution is -2.41. The van der Waals surface area contributed by atoms with Gasteiger partial charge in [0.2, 0.25) is 5.91 Å². The van der Waals surface area contributed by atoms with Crippen molar-refractivity contribution in [3.8, 4) is 5.75 Å². The van der Waals surface area contributed by atoms with Gasteiger partial charge in [0.15, 0.2) is 24.0 Å². The van der Waals surface area contributed by atoms with Crippen molar-refractivity contribution >= 4 is 29.9 Å². The Balaban J connectivity index is 1.74. The number of hydrogen-bond donors (Lipinski definition) is 1. The third-order valence-electron chi connectivity index (χ3n) is 7.83. The van der Waals surface area contributed by atoms with Gasteiger partial charge in [-0.1, -0.05) is 52.5 Å². The minimum Gasteiger partial charge on any atom is -0.495 e. The number of nitrogens with one attached hydrogen (secondary N) is 1. The Labute approximate surface area is 223 Å². The maximum atomic E-state index is 13.5. The highest BCUT2D eigenvalue weighted by atomic mass is 32.2. The van der Waals surface area contributed by atoms with Crippen molar-refractivity contribution in [1.29, 1.82) is 0 Å². The summed E-state index contributed by atoms with van der Waals surface area (Å²) in [7, 11) is -3.83. The van der Waals surface area contributed by atoms with Crippen molar-refractivity contribution in [1.82, 2.24) is 9.78 Å². The second-order valence-corrected chi connectivity index (χ2v) is 18.5. The van der Waals surface area contributed by atoms with Crippen molar-refractivity contribution in [3.05, 3.63) is 36.0 Å². The second-order valence-electron chi connectivity index (χ2n) is 11.7. The molecule has 1 amide bonds. The number of benzene rings is 1. The Hall–Kier alpha value is -2.17. The van der Waals surface area contributed by atoms with E-state index in [1.807, 2.05) is 6.20 Å². The molecule has 1 aliphatic rings. The number of sulfone groups is 1. The summed E-state index contributed by atoms with van der Waals surface area (Å²) < 4.78 is 37.7. The van der Waals surface area contributed by atoms with Gasteiger partial charge in [-0.15, -0.1) is 0 Å². The number of hydrogen-bond acceptors (Lipinski definition) is 6. The Bertz CT molecular complexity index is 1180. The molecule has 1 aromatic heterocycles. The second kappa shape index (κ2) is 11.7. The summed E-state index contributed by atoms with van der Waals surface area (Å²) in [6.07, 6.45) is 8.26. The van der Waals surface area contributed by atoms with Gasteiger partial charge in [-0.3, -0.25) is 9.48 Å². The number of anilines is 1. The Morgan fingerprint density at radius 3 is 2.49 bits per heavy atom. The fourth-order valence-electron chi connectivity index (χ4n) is 4.56. The number of rotatable bonds is 11. The van der Waals surface area contributed by atoms with Crippen LogP contribution in [0.2, 0.25) is 18.1 Å². The lowest BCUT2D eigenvalue weighted by Gasteiger charge is -2.36. The summed E-state index contributed by atoms with van der Waals surface area (Å²) in [5.74, 6) is 0.631. The van der Waals surface area contributed by atoms with Crippen LogP contribution in [-0.2, 0) is 25.6 Å². The summed E-state index contributed by atoms with van der Waals surface area (Å²) in [5.41, 5.74) is 0.746. The fourth-order valence-corrected chi connectivity index (χ4v) is 6.42. The molecule has 37 heavy (non-hydrogen) atoms. The van der Waals surface area contributed by atoms with Gasteiger partial charge in [-0.25, -0.2) is 8.42 Å². The maximum Gasteiger partial charge on any atom is 0.233 e. The maximum absolute atomic E-state index is 13.5.